The van der Waals surface area contributed by atoms with Crippen molar-refractivity contribution in [1.82, 2.24) is 14.9 Å². The molecular formula is C27H33N3O2. The van der Waals surface area contributed by atoms with Crippen molar-refractivity contribution in [2.75, 3.05) is 27.2 Å². The molecule has 0 amide bonds. The summed E-state index contributed by atoms with van der Waals surface area (Å²) in [4.78, 5) is 10.4. The van der Waals surface area contributed by atoms with Crippen molar-refractivity contribution in [2.45, 2.75) is 37.7 Å². The minimum absolute atomic E-state index is 0.263. The number of aromatic nitrogens is 2. The quantitative estimate of drug-likeness (QED) is 0.544. The van der Waals surface area contributed by atoms with Crippen LogP contribution in [0.3, 0.4) is 0 Å². The Labute approximate surface area is 190 Å². The lowest BCUT2D eigenvalue weighted by Crippen LogP contribution is -2.48. The van der Waals surface area contributed by atoms with Crippen LogP contribution in [-0.2, 0) is 6.42 Å². The van der Waals surface area contributed by atoms with Crippen LogP contribution < -0.4 is 4.74 Å². The zero-order chi connectivity index (χ0) is 22.1. The van der Waals surface area contributed by atoms with E-state index in [1.54, 1.807) is 7.11 Å². The minimum Gasteiger partial charge on any atom is -0.494 e. The summed E-state index contributed by atoms with van der Waals surface area (Å²) in [6, 6.07) is 16.6. The van der Waals surface area contributed by atoms with Crippen LogP contribution in [0, 0.1) is 11.8 Å². The number of ether oxygens (including phenoxy) is 1. The number of imidazole rings is 1. The van der Waals surface area contributed by atoms with Crippen LogP contribution in [0.2, 0.25) is 0 Å². The summed E-state index contributed by atoms with van der Waals surface area (Å²) in [5.41, 5.74) is 4.09. The van der Waals surface area contributed by atoms with Gasteiger partial charge in [0, 0.05) is 25.4 Å². The zero-order valence-electron chi connectivity index (χ0n) is 19.1. The van der Waals surface area contributed by atoms with Crippen LogP contribution in [0.4, 0.5) is 0 Å². The number of para-hydroxylation sites is 1. The highest BCUT2D eigenvalue weighted by atomic mass is 16.5. The van der Waals surface area contributed by atoms with E-state index in [0.717, 1.165) is 61.4 Å². The summed E-state index contributed by atoms with van der Waals surface area (Å²) in [6.45, 7) is 1.79. The highest BCUT2D eigenvalue weighted by Gasteiger charge is 2.46. The SMILES string of the molecule is COc1cccc2[nH]c(CCN(C)CC[C@]3(O)C[C@H]4CC[C@H]3C=C4c3ccccc3)nc12. The number of benzene rings is 2. The van der Waals surface area contributed by atoms with E-state index in [0.29, 0.717) is 5.92 Å². The third kappa shape index (κ3) is 4.07. The van der Waals surface area contributed by atoms with Gasteiger partial charge in [0.2, 0.25) is 0 Å². The predicted molar refractivity (Wildman–Crippen MR) is 129 cm³/mol. The number of allylic oxidation sites excluding steroid dienone is 1. The second-order valence-corrected chi connectivity index (χ2v) is 9.52. The molecule has 0 radical (unpaired) electrons. The molecule has 1 heterocycles. The summed E-state index contributed by atoms with van der Waals surface area (Å²) in [5.74, 6) is 2.51. The van der Waals surface area contributed by atoms with Gasteiger partial charge in [-0.15, -0.1) is 0 Å². The second kappa shape index (κ2) is 8.72. The number of rotatable bonds is 8. The van der Waals surface area contributed by atoms with E-state index in [-0.39, 0.29) is 5.92 Å². The van der Waals surface area contributed by atoms with Crippen LogP contribution >= 0.6 is 0 Å². The predicted octanol–water partition coefficient (Wildman–Crippen LogP) is 4.68. The van der Waals surface area contributed by atoms with Gasteiger partial charge in [0.15, 0.2) is 0 Å². The van der Waals surface area contributed by atoms with Crippen molar-refractivity contribution in [2.24, 2.45) is 11.8 Å². The van der Waals surface area contributed by atoms with Crippen molar-refractivity contribution < 1.29 is 9.84 Å². The van der Waals surface area contributed by atoms with Gasteiger partial charge in [-0.3, -0.25) is 0 Å². The summed E-state index contributed by atoms with van der Waals surface area (Å²) in [5, 5.41) is 11.5. The van der Waals surface area contributed by atoms with Gasteiger partial charge in [-0.1, -0.05) is 42.5 Å². The molecule has 1 saturated carbocycles. The molecule has 3 aromatic rings. The normalized spacial score (nSPS) is 24.8. The topological polar surface area (TPSA) is 61.4 Å². The van der Waals surface area contributed by atoms with Gasteiger partial charge in [-0.25, -0.2) is 4.98 Å². The van der Waals surface area contributed by atoms with Crippen molar-refractivity contribution in [3.63, 3.8) is 0 Å². The van der Waals surface area contributed by atoms with E-state index >= 15 is 0 Å². The Balaban J connectivity index is 1.19. The molecular weight excluding hydrogens is 398 g/mol. The molecule has 3 aliphatic carbocycles. The monoisotopic (exact) mass is 431 g/mol. The maximum Gasteiger partial charge on any atom is 0.146 e. The van der Waals surface area contributed by atoms with Crippen LogP contribution in [0.1, 0.15) is 37.1 Å². The molecule has 6 rings (SSSR count). The van der Waals surface area contributed by atoms with Crippen LogP contribution in [0.5, 0.6) is 5.75 Å². The first-order valence-electron chi connectivity index (χ1n) is 11.8. The van der Waals surface area contributed by atoms with E-state index in [1.807, 2.05) is 18.2 Å². The molecule has 0 unspecified atom stereocenters. The molecule has 0 saturated heterocycles. The highest BCUT2D eigenvalue weighted by molar-refractivity contribution is 5.81. The van der Waals surface area contributed by atoms with Gasteiger partial charge in [0.25, 0.3) is 0 Å². The summed E-state index contributed by atoms with van der Waals surface area (Å²) < 4.78 is 5.42. The van der Waals surface area contributed by atoms with Crippen molar-refractivity contribution >= 4 is 16.6 Å². The molecule has 0 aliphatic heterocycles. The number of fused-ring (bicyclic) bond motifs is 3. The first kappa shape index (κ1) is 21.2. The van der Waals surface area contributed by atoms with Gasteiger partial charge in [0.05, 0.1) is 18.2 Å². The van der Waals surface area contributed by atoms with Crippen LogP contribution in [0.15, 0.2) is 54.6 Å². The first-order chi connectivity index (χ1) is 15.6. The number of nitrogens with zero attached hydrogens (tertiary/aromatic N) is 2. The van der Waals surface area contributed by atoms with E-state index in [4.69, 9.17) is 9.72 Å². The fourth-order valence-corrected chi connectivity index (χ4v) is 5.57. The lowest BCUT2D eigenvalue weighted by atomic mass is 9.61. The number of aromatic amines is 1. The van der Waals surface area contributed by atoms with Gasteiger partial charge in [-0.05, 0) is 61.9 Å². The summed E-state index contributed by atoms with van der Waals surface area (Å²) in [7, 11) is 3.82. The Hall–Kier alpha value is -2.63. The first-order valence-corrected chi connectivity index (χ1v) is 11.8. The minimum atomic E-state index is -0.581. The summed E-state index contributed by atoms with van der Waals surface area (Å²) >= 11 is 0. The lowest BCUT2D eigenvalue weighted by molar-refractivity contribution is -0.0574. The average molecular weight is 432 g/mol. The van der Waals surface area contributed by atoms with Gasteiger partial charge < -0.3 is 19.7 Å². The maximum absolute atomic E-state index is 11.5. The fraction of sp³-hybridized carbons (Fsp3) is 0.444. The number of methoxy groups -OCH3 is 1. The Kier molecular flexibility index (Phi) is 5.78. The zero-order valence-corrected chi connectivity index (χ0v) is 19.1. The maximum atomic E-state index is 11.5. The molecule has 1 fully saturated rings. The highest BCUT2D eigenvalue weighted by Crippen LogP contribution is 2.51. The van der Waals surface area contributed by atoms with Crippen molar-refractivity contribution in [1.29, 1.82) is 0 Å². The number of aliphatic hydroxyl groups is 1. The molecule has 2 bridgehead atoms. The third-order valence-electron chi connectivity index (χ3n) is 7.45. The Bertz CT molecular complexity index is 1110. The number of nitrogens with one attached hydrogen (secondary N) is 1. The molecule has 1 aromatic heterocycles. The van der Waals surface area contributed by atoms with E-state index in [9.17, 15) is 5.11 Å². The molecule has 5 nitrogen and oxygen atoms in total. The largest absolute Gasteiger partial charge is 0.494 e. The van der Waals surface area contributed by atoms with Gasteiger partial charge in [0.1, 0.15) is 17.1 Å². The standard InChI is InChI=1S/C27H33N3O2/c1-30(15-13-25-28-23-9-6-10-24(32-2)26(23)29-25)16-14-27(31)18-20-11-12-21(27)17-22(20)19-7-4-3-5-8-19/h3-10,17,20-21,31H,11-16,18H2,1-2H3,(H,28,29)/t20-,21+,27+/m1/s1. The van der Waals surface area contributed by atoms with E-state index in [1.165, 1.54) is 17.6 Å². The van der Waals surface area contributed by atoms with Crippen molar-refractivity contribution in [3.8, 4) is 5.75 Å². The third-order valence-corrected chi connectivity index (χ3v) is 7.45. The average Bonchev–Trinajstić information content (AvgIpc) is 3.25. The lowest BCUT2D eigenvalue weighted by Gasteiger charge is -2.48. The molecule has 3 aliphatic rings. The van der Waals surface area contributed by atoms with Gasteiger partial charge in [-0.2, -0.15) is 0 Å². The number of H-pyrrole nitrogens is 1. The Morgan fingerprint density at radius 2 is 1.97 bits per heavy atom. The summed E-state index contributed by atoms with van der Waals surface area (Å²) in [6.07, 6.45) is 7.21. The van der Waals surface area contributed by atoms with E-state index in [2.05, 4.69) is 53.3 Å². The Morgan fingerprint density at radius 3 is 2.72 bits per heavy atom. The van der Waals surface area contributed by atoms with Gasteiger partial charge >= 0.3 is 0 Å². The number of hydrogen-bond acceptors (Lipinski definition) is 4. The number of likely N-dealkylation sites (N-methyl/N-ethyl adjacent to an activating group) is 1. The molecule has 2 N–H and O–H groups in total. The molecule has 0 spiro atoms. The van der Waals surface area contributed by atoms with Crippen molar-refractivity contribution in [3.05, 3.63) is 66.0 Å². The van der Waals surface area contributed by atoms with Crippen LogP contribution in [0.25, 0.3) is 16.6 Å². The molecule has 168 valence electrons. The molecule has 32 heavy (non-hydrogen) atoms. The second-order valence-electron chi connectivity index (χ2n) is 9.52. The molecule has 2 aromatic carbocycles. The fourth-order valence-electron chi connectivity index (χ4n) is 5.57. The number of hydrogen-bond donors (Lipinski definition) is 2. The van der Waals surface area contributed by atoms with E-state index < -0.39 is 5.60 Å². The molecule has 3 atom stereocenters. The smallest absolute Gasteiger partial charge is 0.146 e. The van der Waals surface area contributed by atoms with Crippen LogP contribution in [-0.4, -0.2) is 52.8 Å². The molecule has 5 heteroatoms. The Morgan fingerprint density at radius 1 is 1.12 bits per heavy atom.